The van der Waals surface area contributed by atoms with Crippen LogP contribution in [0.3, 0.4) is 0 Å². The molecule has 5 N–H and O–H groups in total. The first-order valence-corrected chi connectivity index (χ1v) is 17.5. The Morgan fingerprint density at radius 2 is 1.22 bits per heavy atom. The molecule has 49 heavy (non-hydrogen) atoms. The van der Waals surface area contributed by atoms with E-state index in [1.54, 1.807) is 12.4 Å². The van der Waals surface area contributed by atoms with Gasteiger partial charge in [-0.2, -0.15) is 9.97 Å². The second kappa shape index (κ2) is 16.1. The van der Waals surface area contributed by atoms with Crippen LogP contribution in [0.1, 0.15) is 84.3 Å². The minimum absolute atomic E-state index is 0.161. The molecule has 6 heterocycles. The van der Waals surface area contributed by atoms with E-state index < -0.39 is 0 Å². The largest absolute Gasteiger partial charge is 0.368 e. The Hall–Kier alpha value is -3.41. The Morgan fingerprint density at radius 3 is 1.78 bits per heavy atom. The van der Waals surface area contributed by atoms with Crippen molar-refractivity contribution >= 4 is 92.0 Å². The molecule has 0 atom stereocenters. The van der Waals surface area contributed by atoms with E-state index in [0.717, 1.165) is 65.6 Å². The lowest BCUT2D eigenvalue weighted by Crippen LogP contribution is -2.06. The summed E-state index contributed by atoms with van der Waals surface area (Å²) in [6, 6.07) is 0. The number of nitrogen functional groups attached to an aromatic ring is 2. The van der Waals surface area contributed by atoms with Crippen molar-refractivity contribution in [2.45, 2.75) is 79.7 Å². The highest BCUT2D eigenvalue weighted by molar-refractivity contribution is 6.35. The van der Waals surface area contributed by atoms with Crippen molar-refractivity contribution in [2.75, 3.05) is 11.5 Å². The van der Waals surface area contributed by atoms with Crippen molar-refractivity contribution in [3.05, 3.63) is 89.9 Å². The van der Waals surface area contributed by atoms with E-state index in [0.29, 0.717) is 39.9 Å². The van der Waals surface area contributed by atoms with E-state index in [1.807, 2.05) is 44.7 Å². The molecule has 0 radical (unpaired) electrons. The molecule has 6 aromatic heterocycles. The van der Waals surface area contributed by atoms with E-state index >= 15 is 0 Å². The summed E-state index contributed by atoms with van der Waals surface area (Å²) in [4.78, 5) is 28.2. The molecule has 0 saturated heterocycles. The van der Waals surface area contributed by atoms with Crippen LogP contribution in [-0.2, 0) is 12.4 Å². The first-order chi connectivity index (χ1) is 23.0. The van der Waals surface area contributed by atoms with Crippen molar-refractivity contribution in [3.63, 3.8) is 0 Å². The number of nitrogens with zero attached hydrogens (tertiary/aromatic N) is 7. The predicted molar refractivity (Wildman–Crippen MR) is 205 cm³/mol. The van der Waals surface area contributed by atoms with Crippen LogP contribution in [0.25, 0.3) is 22.1 Å². The summed E-state index contributed by atoms with van der Waals surface area (Å²) in [5.74, 6) is 1.45. The average molecular weight is 765 g/mol. The fourth-order valence-corrected chi connectivity index (χ4v) is 6.34. The molecular formula is C34H39Cl5N10. The molecular weight excluding hydrogens is 726 g/mol. The Balaban J connectivity index is 0.000000183. The molecule has 15 heteroatoms. The van der Waals surface area contributed by atoms with Crippen LogP contribution < -0.4 is 11.5 Å². The van der Waals surface area contributed by atoms with Gasteiger partial charge >= 0.3 is 0 Å². The second-order valence-corrected chi connectivity index (χ2v) is 14.0. The fraction of sp³-hybridized carbons (Fsp3) is 0.353. The predicted octanol–water partition coefficient (Wildman–Crippen LogP) is 9.91. The highest BCUT2D eigenvalue weighted by Crippen LogP contribution is 2.33. The van der Waals surface area contributed by atoms with E-state index in [1.165, 1.54) is 0 Å². The summed E-state index contributed by atoms with van der Waals surface area (Å²) < 4.78 is 2.01. The fourth-order valence-electron chi connectivity index (χ4n) is 5.19. The highest BCUT2D eigenvalue weighted by Gasteiger charge is 2.19. The molecule has 6 aromatic rings. The van der Waals surface area contributed by atoms with E-state index in [4.69, 9.17) is 69.5 Å². The van der Waals surface area contributed by atoms with Gasteiger partial charge in [-0.05, 0) is 72.9 Å². The zero-order chi connectivity index (χ0) is 36.3. The summed E-state index contributed by atoms with van der Waals surface area (Å²) >= 11 is 30.3. The molecule has 0 aromatic carbocycles. The van der Waals surface area contributed by atoms with Crippen LogP contribution in [0.5, 0.6) is 0 Å². The minimum atomic E-state index is 0.161. The number of nitrogens with two attached hydrogens (primary N) is 2. The molecule has 0 unspecified atom stereocenters. The number of fused-ring (bicyclic) bond motifs is 2. The summed E-state index contributed by atoms with van der Waals surface area (Å²) in [7, 11) is 0. The van der Waals surface area contributed by atoms with Gasteiger partial charge in [0.05, 0.1) is 34.6 Å². The van der Waals surface area contributed by atoms with Crippen LogP contribution in [0, 0.1) is 27.7 Å². The maximum absolute atomic E-state index is 6.36. The van der Waals surface area contributed by atoms with Crippen molar-refractivity contribution in [3.8, 4) is 0 Å². The normalized spacial score (nSPS) is 11.2. The number of anilines is 2. The Labute approximate surface area is 310 Å². The van der Waals surface area contributed by atoms with Gasteiger partial charge in [0.25, 0.3) is 0 Å². The molecule has 0 fully saturated rings. The number of aromatic nitrogens is 8. The van der Waals surface area contributed by atoms with Crippen molar-refractivity contribution < 1.29 is 0 Å². The van der Waals surface area contributed by atoms with Gasteiger partial charge in [-0.15, -0.1) is 11.6 Å². The quantitative estimate of drug-likeness (QED) is 0.116. The molecule has 0 saturated carbocycles. The smallest absolute Gasteiger partial charge is 0.223 e. The molecule has 260 valence electrons. The van der Waals surface area contributed by atoms with Crippen molar-refractivity contribution in [1.29, 1.82) is 0 Å². The molecule has 0 aliphatic rings. The second-order valence-electron chi connectivity index (χ2n) is 12.2. The van der Waals surface area contributed by atoms with Crippen LogP contribution in [0.15, 0.2) is 24.8 Å². The third kappa shape index (κ3) is 8.49. The number of aromatic amines is 1. The van der Waals surface area contributed by atoms with Gasteiger partial charge in [0.1, 0.15) is 21.6 Å². The summed E-state index contributed by atoms with van der Waals surface area (Å²) in [5, 5.41) is 4.03. The first kappa shape index (κ1) is 38.4. The maximum Gasteiger partial charge on any atom is 0.223 e. The monoisotopic (exact) mass is 762 g/mol. The van der Waals surface area contributed by atoms with Gasteiger partial charge < -0.3 is 21.0 Å². The van der Waals surface area contributed by atoms with Crippen LogP contribution >= 0.6 is 58.0 Å². The number of aryl methyl sites for hydroxylation is 2. The SMILES string of the molecule is CC(C)c1c[nH]c2nc(N)nc(Cl)c12.Cc1cnc(CCl)c(C)c1Cl.Cc1cnc(Cn2cc(C(C)C)c3c(Cl)nc(N)nc32)c(C)c1Cl. The lowest BCUT2D eigenvalue weighted by Gasteiger charge is -2.10. The molecule has 0 aliphatic heterocycles. The standard InChI is InChI=1S/C17H19Cl2N5.C9H11ClN4.C8H9Cl2N/c1-8(2)11-6-24(16-13(11)15(19)22-17(20)23-16)7-12-10(4)14(18)9(3)5-21-12;1-4(2)5-3-12-8-6(5)7(10)13-9(11)14-8;1-5-4-11-7(3-9)6(2)8(5)10/h5-6,8H,7H2,1-4H3,(H2,20,22,23);3-4H,1-2H3,(H3,11,12,13,14);4H,3H2,1-2H3. The van der Waals surface area contributed by atoms with Crippen LogP contribution in [0.2, 0.25) is 20.4 Å². The Bertz CT molecular complexity index is 2120. The minimum Gasteiger partial charge on any atom is -0.368 e. The third-order valence-corrected chi connectivity index (χ3v) is 9.95. The molecule has 6 rings (SSSR count). The number of halogens is 5. The van der Waals surface area contributed by atoms with Gasteiger partial charge in [-0.1, -0.05) is 74.1 Å². The van der Waals surface area contributed by atoms with Crippen LogP contribution in [-0.4, -0.2) is 39.5 Å². The number of H-pyrrole nitrogens is 1. The van der Waals surface area contributed by atoms with E-state index in [-0.39, 0.29) is 17.8 Å². The molecule has 0 amide bonds. The average Bonchev–Trinajstić information content (AvgIpc) is 3.63. The Kier molecular flexibility index (Phi) is 12.6. The van der Waals surface area contributed by atoms with Gasteiger partial charge in [-0.3, -0.25) is 9.97 Å². The number of alkyl halides is 1. The van der Waals surface area contributed by atoms with Crippen LogP contribution in [0.4, 0.5) is 11.9 Å². The Morgan fingerprint density at radius 1 is 0.714 bits per heavy atom. The summed E-state index contributed by atoms with van der Waals surface area (Å²) in [6.07, 6.45) is 7.47. The van der Waals surface area contributed by atoms with Gasteiger partial charge in [0, 0.05) is 34.8 Å². The van der Waals surface area contributed by atoms with Gasteiger partial charge in [-0.25, -0.2) is 9.97 Å². The molecule has 10 nitrogen and oxygen atoms in total. The third-order valence-electron chi connectivity index (χ3n) is 7.99. The molecule has 0 aliphatic carbocycles. The molecule has 0 bridgehead atoms. The maximum atomic E-state index is 6.36. The van der Waals surface area contributed by atoms with Crippen molar-refractivity contribution in [2.24, 2.45) is 0 Å². The molecule has 0 spiro atoms. The number of nitrogens with one attached hydrogen (secondary N) is 1. The topological polar surface area (TPSA) is 150 Å². The lowest BCUT2D eigenvalue weighted by molar-refractivity contribution is 0.775. The van der Waals surface area contributed by atoms with Gasteiger partial charge in [0.15, 0.2) is 0 Å². The van der Waals surface area contributed by atoms with E-state index in [9.17, 15) is 0 Å². The zero-order valence-corrected chi connectivity index (χ0v) is 32.3. The first-order valence-electron chi connectivity index (χ1n) is 15.4. The zero-order valence-electron chi connectivity index (χ0n) is 28.6. The highest BCUT2D eigenvalue weighted by atomic mass is 35.5. The number of hydrogen-bond donors (Lipinski definition) is 3. The summed E-state index contributed by atoms with van der Waals surface area (Å²) in [6.45, 7) is 16.7. The number of pyridine rings is 2. The van der Waals surface area contributed by atoms with E-state index in [2.05, 4.69) is 62.6 Å². The summed E-state index contributed by atoms with van der Waals surface area (Å²) in [5.41, 5.74) is 20.6. The number of hydrogen-bond acceptors (Lipinski definition) is 8. The van der Waals surface area contributed by atoms with Gasteiger partial charge in [0.2, 0.25) is 11.9 Å². The number of rotatable bonds is 5. The lowest BCUT2D eigenvalue weighted by atomic mass is 10.0. The van der Waals surface area contributed by atoms with Crippen molar-refractivity contribution in [1.82, 2.24) is 39.5 Å².